The van der Waals surface area contributed by atoms with Gasteiger partial charge in [-0.2, -0.15) is 0 Å². The molecule has 0 radical (unpaired) electrons. The molecule has 180 valence electrons. The maximum Gasteiger partial charge on any atom is 0.340 e. The minimum Gasteiger partial charge on any atom is -0.464 e. The number of hydrogen-bond donors (Lipinski definition) is 5. The predicted molar refractivity (Wildman–Crippen MR) is 111 cm³/mol. The number of hydrogen-bond acceptors (Lipinski definition) is 9. The van der Waals surface area contributed by atoms with Crippen LogP contribution in [0.3, 0.4) is 0 Å². The van der Waals surface area contributed by atoms with Gasteiger partial charge in [0, 0.05) is 5.57 Å². The summed E-state index contributed by atoms with van der Waals surface area (Å²) in [5.74, 6) is -4.54. The van der Waals surface area contributed by atoms with Crippen molar-refractivity contribution in [3.05, 3.63) is 12.2 Å². The summed E-state index contributed by atoms with van der Waals surface area (Å²) in [4.78, 5) is 70.7. The molecule has 4 amide bonds. The Labute approximate surface area is 186 Å². The van der Waals surface area contributed by atoms with E-state index in [1.54, 1.807) is 13.8 Å². The van der Waals surface area contributed by atoms with Crippen molar-refractivity contribution in [2.45, 2.75) is 39.7 Å². The molecule has 0 saturated carbocycles. The van der Waals surface area contributed by atoms with Gasteiger partial charge < -0.3 is 25.4 Å². The first-order chi connectivity index (χ1) is 15.1. The minimum absolute atomic E-state index is 0.0639. The Bertz CT molecular complexity index is 690. The molecule has 0 aromatic rings. The Morgan fingerprint density at radius 2 is 1.25 bits per heavy atom. The van der Waals surface area contributed by atoms with E-state index in [0.717, 1.165) is 0 Å². The van der Waals surface area contributed by atoms with E-state index in [4.69, 9.17) is 9.47 Å². The first-order valence-electron chi connectivity index (χ1n) is 9.97. The van der Waals surface area contributed by atoms with Gasteiger partial charge in [0.1, 0.15) is 0 Å². The zero-order chi connectivity index (χ0) is 24.5. The number of carbonyl (C=O) groups excluding carboxylic acids is 6. The Morgan fingerprint density at radius 3 is 1.72 bits per heavy atom. The fraction of sp³-hybridized carbons (Fsp3) is 0.579. The summed E-state index contributed by atoms with van der Waals surface area (Å²) in [5.41, 5.74) is 4.83. The highest BCUT2D eigenvalue weighted by molar-refractivity contribution is 6.03. The van der Waals surface area contributed by atoms with E-state index in [9.17, 15) is 28.8 Å². The molecule has 13 heteroatoms. The molecule has 0 aliphatic heterocycles. The standard InChI is InChI=1S/C19H31N5O8/c1-5-7-31-18(29)16(19(30)32-8-6-2)23-15(27)10-21-13(25)9-20-14(26)11-22-24-17(28)12(3)4/h16,22H,3,5-11H2,1-2,4H3,(H,20,26)(H,21,25)(H,23,27)(H,24,28). The Kier molecular flexibility index (Phi) is 14.5. The quantitative estimate of drug-likeness (QED) is 0.0789. The van der Waals surface area contributed by atoms with Crippen molar-refractivity contribution in [3.63, 3.8) is 0 Å². The lowest BCUT2D eigenvalue weighted by Gasteiger charge is -2.16. The summed E-state index contributed by atoms with van der Waals surface area (Å²) in [6.45, 7) is 7.27. The first kappa shape index (κ1) is 28.5. The van der Waals surface area contributed by atoms with Gasteiger partial charge in [0.2, 0.25) is 23.8 Å². The third-order valence-electron chi connectivity index (χ3n) is 3.40. The molecule has 0 aromatic carbocycles. The van der Waals surface area contributed by atoms with Crippen LogP contribution in [0.15, 0.2) is 12.2 Å². The topological polar surface area (TPSA) is 181 Å². The highest BCUT2D eigenvalue weighted by atomic mass is 16.6. The van der Waals surface area contributed by atoms with E-state index in [2.05, 4.69) is 33.4 Å². The van der Waals surface area contributed by atoms with Crippen molar-refractivity contribution in [1.29, 1.82) is 0 Å². The van der Waals surface area contributed by atoms with Gasteiger partial charge in [-0.15, -0.1) is 0 Å². The Balaban J connectivity index is 4.42. The smallest absolute Gasteiger partial charge is 0.340 e. The second-order valence-corrected chi connectivity index (χ2v) is 6.48. The molecule has 0 atom stereocenters. The van der Waals surface area contributed by atoms with E-state index >= 15 is 0 Å². The van der Waals surface area contributed by atoms with Crippen LogP contribution in [0.2, 0.25) is 0 Å². The Morgan fingerprint density at radius 1 is 0.781 bits per heavy atom. The molecular formula is C19H31N5O8. The van der Waals surface area contributed by atoms with Gasteiger partial charge in [-0.25, -0.2) is 15.0 Å². The lowest BCUT2D eigenvalue weighted by molar-refractivity contribution is -0.160. The SMILES string of the molecule is C=C(C)C(=O)NNCC(=O)NCC(=O)NCC(=O)NC(C(=O)OCCC)C(=O)OCCC. The van der Waals surface area contributed by atoms with Crippen molar-refractivity contribution in [1.82, 2.24) is 26.8 Å². The van der Waals surface area contributed by atoms with Crippen molar-refractivity contribution in [3.8, 4) is 0 Å². The van der Waals surface area contributed by atoms with Crippen LogP contribution < -0.4 is 26.8 Å². The molecule has 0 unspecified atom stereocenters. The van der Waals surface area contributed by atoms with Crippen LogP contribution in [-0.2, 0) is 38.2 Å². The zero-order valence-corrected chi connectivity index (χ0v) is 18.5. The van der Waals surface area contributed by atoms with Crippen molar-refractivity contribution in [2.24, 2.45) is 0 Å². The fourth-order valence-corrected chi connectivity index (χ4v) is 1.79. The molecule has 0 bridgehead atoms. The number of rotatable bonds is 15. The number of esters is 2. The van der Waals surface area contributed by atoms with Gasteiger partial charge >= 0.3 is 11.9 Å². The van der Waals surface area contributed by atoms with E-state index in [1.807, 2.05) is 0 Å². The molecule has 5 N–H and O–H groups in total. The van der Waals surface area contributed by atoms with Crippen LogP contribution in [0, 0.1) is 0 Å². The van der Waals surface area contributed by atoms with Crippen molar-refractivity contribution >= 4 is 35.6 Å². The average molecular weight is 457 g/mol. The fourth-order valence-electron chi connectivity index (χ4n) is 1.79. The lowest BCUT2D eigenvalue weighted by atomic mass is 10.3. The van der Waals surface area contributed by atoms with Crippen LogP contribution in [-0.4, -0.2) is 74.5 Å². The summed E-state index contributed by atoms with van der Waals surface area (Å²) >= 11 is 0. The van der Waals surface area contributed by atoms with Gasteiger partial charge in [-0.3, -0.25) is 24.6 Å². The molecule has 0 saturated heterocycles. The molecule has 0 heterocycles. The normalized spacial score (nSPS) is 10.0. The second-order valence-electron chi connectivity index (χ2n) is 6.48. The molecule has 0 aliphatic rings. The maximum atomic E-state index is 12.0. The summed E-state index contributed by atoms with van der Waals surface area (Å²) < 4.78 is 9.76. The molecular weight excluding hydrogens is 426 g/mol. The minimum atomic E-state index is -1.65. The predicted octanol–water partition coefficient (Wildman–Crippen LogP) is -2.19. The zero-order valence-electron chi connectivity index (χ0n) is 18.5. The number of hydrazine groups is 1. The molecule has 0 aromatic heterocycles. The summed E-state index contributed by atoms with van der Waals surface area (Å²) in [6, 6.07) is -1.65. The van der Waals surface area contributed by atoms with Gasteiger partial charge in [-0.05, 0) is 19.8 Å². The summed E-state index contributed by atoms with van der Waals surface area (Å²) in [6.07, 6.45) is 1.04. The monoisotopic (exact) mass is 457 g/mol. The molecule has 0 aliphatic carbocycles. The molecule has 0 rings (SSSR count). The van der Waals surface area contributed by atoms with Gasteiger partial charge in [-0.1, -0.05) is 20.4 Å². The summed E-state index contributed by atoms with van der Waals surface area (Å²) in [5, 5.41) is 6.65. The van der Waals surface area contributed by atoms with Crippen molar-refractivity contribution < 1.29 is 38.2 Å². The Hall–Kier alpha value is -3.48. The van der Waals surface area contributed by atoms with Crippen LogP contribution in [0.4, 0.5) is 0 Å². The highest BCUT2D eigenvalue weighted by Gasteiger charge is 2.31. The number of nitrogens with one attached hydrogen (secondary N) is 5. The highest BCUT2D eigenvalue weighted by Crippen LogP contribution is 1.97. The van der Waals surface area contributed by atoms with Gasteiger partial charge in [0.05, 0.1) is 32.8 Å². The third kappa shape index (κ3) is 13.0. The molecule has 32 heavy (non-hydrogen) atoms. The molecule has 0 spiro atoms. The molecule has 13 nitrogen and oxygen atoms in total. The first-order valence-corrected chi connectivity index (χ1v) is 9.97. The van der Waals surface area contributed by atoms with E-state index in [-0.39, 0.29) is 25.3 Å². The molecule has 0 fully saturated rings. The van der Waals surface area contributed by atoms with Crippen molar-refractivity contribution in [2.75, 3.05) is 32.8 Å². The number of ether oxygens (including phenoxy) is 2. The summed E-state index contributed by atoms with van der Waals surface area (Å²) in [7, 11) is 0. The van der Waals surface area contributed by atoms with E-state index in [0.29, 0.717) is 12.8 Å². The largest absolute Gasteiger partial charge is 0.464 e. The van der Waals surface area contributed by atoms with Crippen LogP contribution in [0.25, 0.3) is 0 Å². The van der Waals surface area contributed by atoms with E-state index in [1.165, 1.54) is 6.92 Å². The maximum absolute atomic E-state index is 12.0. The van der Waals surface area contributed by atoms with Gasteiger partial charge in [0.15, 0.2) is 0 Å². The van der Waals surface area contributed by atoms with Gasteiger partial charge in [0.25, 0.3) is 5.91 Å². The third-order valence-corrected chi connectivity index (χ3v) is 3.40. The second kappa shape index (κ2) is 16.2. The van der Waals surface area contributed by atoms with E-state index < -0.39 is 54.7 Å². The average Bonchev–Trinajstić information content (AvgIpc) is 2.76. The van der Waals surface area contributed by atoms with Crippen LogP contribution in [0.5, 0.6) is 0 Å². The lowest BCUT2D eigenvalue weighted by Crippen LogP contribution is -2.51. The number of carbonyl (C=O) groups is 6. The van der Waals surface area contributed by atoms with Crippen LogP contribution in [0.1, 0.15) is 33.6 Å². The number of amides is 4. The van der Waals surface area contributed by atoms with Crippen LogP contribution >= 0.6 is 0 Å².